The van der Waals surface area contributed by atoms with Gasteiger partial charge < -0.3 is 14.6 Å². The van der Waals surface area contributed by atoms with Crippen LogP contribution in [0, 0.1) is 5.82 Å². The van der Waals surface area contributed by atoms with Gasteiger partial charge in [-0.2, -0.15) is 5.10 Å². The molecule has 9 nitrogen and oxygen atoms in total. The Labute approximate surface area is 258 Å². The Hall–Kier alpha value is -4.03. The second-order valence-corrected chi connectivity index (χ2v) is 12.9. The summed E-state index contributed by atoms with van der Waals surface area (Å²) in [5, 5.41) is 11.3. The highest BCUT2D eigenvalue weighted by atomic mass is 79.9. The highest BCUT2D eigenvalue weighted by molar-refractivity contribution is 9.10. The van der Waals surface area contributed by atoms with Crippen LogP contribution in [0.2, 0.25) is 0 Å². The Morgan fingerprint density at radius 3 is 2.65 bits per heavy atom. The van der Waals surface area contributed by atoms with Gasteiger partial charge in [0.1, 0.15) is 28.1 Å². The standard InChI is InChI=1S/C31H29BrFN5O4S/c1-34-30(39)27-23-14-22(25(37(2)43(3)41)15-26(23)42-29(27)17-6-9-20(33)10-7-17)18-5-4-12-38(16-18)31(40)28-21-11-8-19(32)13-24(21)35-36-28/h6-11,13-15,18H,4-5,12,16H2,1-3H3,(H,34,39)(H,35,36)/t18-,43?/m0/s1. The van der Waals surface area contributed by atoms with Gasteiger partial charge in [0.2, 0.25) is 0 Å². The van der Waals surface area contributed by atoms with Crippen molar-refractivity contribution in [3.63, 3.8) is 0 Å². The highest BCUT2D eigenvalue weighted by Crippen LogP contribution is 2.42. The lowest BCUT2D eigenvalue weighted by atomic mass is 9.88. The van der Waals surface area contributed by atoms with E-state index in [9.17, 15) is 18.2 Å². The second kappa shape index (κ2) is 11.6. The fraction of sp³-hybridized carbons (Fsp3) is 0.258. The maximum absolute atomic E-state index is 13.7. The number of fused-ring (bicyclic) bond motifs is 2. The van der Waals surface area contributed by atoms with Crippen molar-refractivity contribution in [1.29, 1.82) is 0 Å². The molecule has 1 aliphatic rings. The lowest BCUT2D eigenvalue weighted by Gasteiger charge is -2.34. The first kappa shape index (κ1) is 29.1. The molecule has 43 heavy (non-hydrogen) atoms. The summed E-state index contributed by atoms with van der Waals surface area (Å²) < 4.78 is 35.2. The van der Waals surface area contributed by atoms with Crippen LogP contribution in [0.15, 0.2) is 63.5 Å². The number of aromatic amines is 1. The fourth-order valence-electron chi connectivity index (χ4n) is 5.76. The molecule has 6 rings (SSSR count). The molecule has 2 N–H and O–H groups in total. The number of likely N-dealkylation sites (tertiary alicyclic amines) is 1. The Morgan fingerprint density at radius 1 is 1.16 bits per heavy atom. The molecule has 0 spiro atoms. The van der Waals surface area contributed by atoms with Crippen molar-refractivity contribution in [2.24, 2.45) is 0 Å². The number of hydrogen-bond donors (Lipinski definition) is 2. The number of rotatable bonds is 6. The maximum Gasteiger partial charge on any atom is 0.275 e. The van der Waals surface area contributed by atoms with E-state index in [2.05, 4.69) is 31.4 Å². The molecule has 1 unspecified atom stereocenters. The van der Waals surface area contributed by atoms with Crippen LogP contribution in [0.3, 0.4) is 0 Å². The summed E-state index contributed by atoms with van der Waals surface area (Å²) in [5.74, 6) is -0.701. The molecule has 2 atom stereocenters. The van der Waals surface area contributed by atoms with E-state index in [4.69, 9.17) is 4.42 Å². The number of nitrogens with zero attached hydrogens (tertiary/aromatic N) is 3. The number of piperidine rings is 1. The molecule has 3 heterocycles. The maximum atomic E-state index is 13.7. The van der Waals surface area contributed by atoms with Gasteiger partial charge in [-0.1, -0.05) is 15.9 Å². The van der Waals surface area contributed by atoms with E-state index in [-0.39, 0.29) is 17.7 Å². The Morgan fingerprint density at radius 2 is 1.93 bits per heavy atom. The van der Waals surface area contributed by atoms with Gasteiger partial charge in [0, 0.05) is 66.2 Å². The number of hydrogen-bond acceptors (Lipinski definition) is 5. The molecule has 1 fully saturated rings. The highest BCUT2D eigenvalue weighted by Gasteiger charge is 2.32. The van der Waals surface area contributed by atoms with Crippen molar-refractivity contribution in [2.75, 3.05) is 37.7 Å². The zero-order valence-corrected chi connectivity index (χ0v) is 26.1. The average Bonchev–Trinajstić information content (AvgIpc) is 3.60. The summed E-state index contributed by atoms with van der Waals surface area (Å²) in [6.07, 6.45) is 3.14. The van der Waals surface area contributed by atoms with E-state index in [1.807, 2.05) is 29.2 Å². The number of carbonyl (C=O) groups excluding carboxylic acids is 2. The van der Waals surface area contributed by atoms with Crippen LogP contribution >= 0.6 is 15.9 Å². The van der Waals surface area contributed by atoms with E-state index in [0.29, 0.717) is 52.3 Å². The van der Waals surface area contributed by atoms with Gasteiger partial charge in [0.05, 0.1) is 16.8 Å². The minimum atomic E-state index is -1.35. The number of furan rings is 1. The van der Waals surface area contributed by atoms with Crippen LogP contribution in [0.1, 0.15) is 45.2 Å². The Balaban J connectivity index is 1.44. The monoisotopic (exact) mass is 665 g/mol. The summed E-state index contributed by atoms with van der Waals surface area (Å²) in [5.41, 5.74) is 4.00. The lowest BCUT2D eigenvalue weighted by molar-refractivity contribution is 0.0703. The van der Waals surface area contributed by atoms with Crippen LogP contribution in [0.4, 0.5) is 10.1 Å². The molecule has 0 bridgehead atoms. The van der Waals surface area contributed by atoms with Gasteiger partial charge in [0.15, 0.2) is 5.69 Å². The predicted octanol–water partition coefficient (Wildman–Crippen LogP) is 5.99. The number of benzene rings is 3. The van der Waals surface area contributed by atoms with E-state index in [1.54, 1.807) is 42.9 Å². The summed E-state index contributed by atoms with van der Waals surface area (Å²) in [6, 6.07) is 15.1. The van der Waals surface area contributed by atoms with Gasteiger partial charge in [-0.05, 0) is 66.9 Å². The zero-order chi connectivity index (χ0) is 30.4. The van der Waals surface area contributed by atoms with Crippen LogP contribution < -0.4 is 9.62 Å². The Kier molecular flexibility index (Phi) is 7.82. The molecule has 0 radical (unpaired) electrons. The number of anilines is 1. The third-order valence-corrected chi connectivity index (χ3v) is 9.46. The van der Waals surface area contributed by atoms with Gasteiger partial charge >= 0.3 is 0 Å². The number of aromatic nitrogens is 2. The third-order valence-electron chi connectivity index (χ3n) is 8.00. The molecule has 2 amide bonds. The topological polar surface area (TPSA) is 112 Å². The molecule has 1 aliphatic heterocycles. The lowest BCUT2D eigenvalue weighted by Crippen LogP contribution is -2.39. The SMILES string of the molecule is CNC(=O)c1c(-c2ccc(F)cc2)oc2cc(N(C)S(C)=O)c([C@H]3CCCN(C(=O)c4n[nH]c5cc(Br)ccc45)C3)cc12. The zero-order valence-electron chi connectivity index (χ0n) is 23.7. The van der Waals surface area contributed by atoms with Crippen molar-refractivity contribution in [1.82, 2.24) is 20.4 Å². The molecule has 3 aromatic carbocycles. The van der Waals surface area contributed by atoms with Crippen LogP contribution in [-0.4, -0.2) is 64.6 Å². The van der Waals surface area contributed by atoms with Gasteiger partial charge in [-0.15, -0.1) is 0 Å². The third kappa shape index (κ3) is 5.33. The minimum Gasteiger partial charge on any atom is -0.455 e. The molecule has 0 saturated carbocycles. The minimum absolute atomic E-state index is 0.107. The Bertz CT molecular complexity index is 1900. The normalized spacial score (nSPS) is 16.0. The number of carbonyl (C=O) groups is 2. The molecular formula is C31H29BrFN5O4S. The van der Waals surface area contributed by atoms with Crippen molar-refractivity contribution in [3.05, 3.63) is 81.7 Å². The number of halogens is 2. The number of nitrogens with one attached hydrogen (secondary N) is 2. The van der Waals surface area contributed by atoms with Crippen molar-refractivity contribution < 1.29 is 22.6 Å². The largest absolute Gasteiger partial charge is 0.455 e. The van der Waals surface area contributed by atoms with E-state index < -0.39 is 16.8 Å². The van der Waals surface area contributed by atoms with Gasteiger partial charge in [-0.25, -0.2) is 8.60 Å². The number of H-pyrrole nitrogens is 1. The first-order chi connectivity index (χ1) is 20.7. The second-order valence-electron chi connectivity index (χ2n) is 10.6. The smallest absolute Gasteiger partial charge is 0.275 e. The number of amides is 2. The summed E-state index contributed by atoms with van der Waals surface area (Å²) in [4.78, 5) is 28.7. The van der Waals surface area contributed by atoms with E-state index in [1.165, 1.54) is 12.1 Å². The molecule has 222 valence electrons. The summed E-state index contributed by atoms with van der Waals surface area (Å²) in [7, 11) is 1.93. The molecule has 1 saturated heterocycles. The van der Waals surface area contributed by atoms with Crippen molar-refractivity contribution in [2.45, 2.75) is 18.8 Å². The van der Waals surface area contributed by atoms with Crippen molar-refractivity contribution in [3.8, 4) is 11.3 Å². The summed E-state index contributed by atoms with van der Waals surface area (Å²) in [6.45, 7) is 1.00. The quantitative estimate of drug-likeness (QED) is 0.232. The van der Waals surface area contributed by atoms with Crippen LogP contribution in [0.25, 0.3) is 33.2 Å². The summed E-state index contributed by atoms with van der Waals surface area (Å²) >= 11 is 3.46. The predicted molar refractivity (Wildman–Crippen MR) is 169 cm³/mol. The molecule has 2 aromatic heterocycles. The van der Waals surface area contributed by atoms with Gasteiger partial charge in [-0.3, -0.25) is 19.0 Å². The van der Waals surface area contributed by atoms with E-state index in [0.717, 1.165) is 33.8 Å². The molecule has 0 aliphatic carbocycles. The molecule has 12 heteroatoms. The molecular weight excluding hydrogens is 637 g/mol. The van der Waals surface area contributed by atoms with Crippen LogP contribution in [-0.2, 0) is 11.0 Å². The van der Waals surface area contributed by atoms with Crippen LogP contribution in [0.5, 0.6) is 0 Å². The molecule has 5 aromatic rings. The fourth-order valence-corrected chi connectivity index (χ4v) is 6.56. The first-order valence-corrected chi connectivity index (χ1v) is 16.1. The average molecular weight is 667 g/mol. The van der Waals surface area contributed by atoms with Gasteiger partial charge in [0.25, 0.3) is 11.8 Å². The van der Waals surface area contributed by atoms with Crippen molar-refractivity contribution >= 4 is 66.3 Å². The van der Waals surface area contributed by atoms with E-state index >= 15 is 0 Å². The first-order valence-electron chi connectivity index (χ1n) is 13.7.